The quantitative estimate of drug-likeness (QED) is 0.897. The summed E-state index contributed by atoms with van der Waals surface area (Å²) in [5.74, 6) is 0.314. The lowest BCUT2D eigenvalue weighted by Crippen LogP contribution is -2.54. The topological polar surface area (TPSA) is 32.3 Å². The van der Waals surface area contributed by atoms with Crippen molar-refractivity contribution < 1.29 is 4.79 Å². The first-order chi connectivity index (χ1) is 9.75. The van der Waals surface area contributed by atoms with E-state index in [1.807, 2.05) is 0 Å². The maximum atomic E-state index is 13.0. The Bertz CT molecular complexity index is 492. The zero-order valence-electron chi connectivity index (χ0n) is 12.3. The number of nitrogens with zero attached hydrogens (tertiary/aromatic N) is 1. The molecule has 0 saturated carbocycles. The number of nitrogens with one attached hydrogen (secondary N) is 1. The molecule has 108 valence electrons. The normalized spacial score (nSPS) is 26.1. The van der Waals surface area contributed by atoms with Crippen LogP contribution in [0.1, 0.15) is 43.7 Å². The van der Waals surface area contributed by atoms with Gasteiger partial charge < -0.3 is 10.2 Å². The molecule has 3 heteroatoms. The van der Waals surface area contributed by atoms with Crippen molar-refractivity contribution in [1.82, 2.24) is 10.2 Å². The van der Waals surface area contributed by atoms with Crippen LogP contribution >= 0.6 is 0 Å². The van der Waals surface area contributed by atoms with Crippen molar-refractivity contribution in [2.75, 3.05) is 13.1 Å². The highest BCUT2D eigenvalue weighted by molar-refractivity contribution is 5.86. The van der Waals surface area contributed by atoms with E-state index in [1.165, 1.54) is 11.1 Å². The van der Waals surface area contributed by atoms with E-state index >= 15 is 0 Å². The number of carbonyl (C=O) groups is 1. The van der Waals surface area contributed by atoms with Gasteiger partial charge in [0, 0.05) is 13.1 Å². The van der Waals surface area contributed by atoms with Gasteiger partial charge >= 0.3 is 0 Å². The molecule has 1 N–H and O–H groups in total. The minimum atomic E-state index is -0.292. The summed E-state index contributed by atoms with van der Waals surface area (Å²) < 4.78 is 0. The minimum Gasteiger partial charge on any atom is -0.337 e. The fourth-order valence-electron chi connectivity index (χ4n) is 3.62. The molecule has 3 rings (SSSR count). The van der Waals surface area contributed by atoms with E-state index in [1.54, 1.807) is 0 Å². The third-order valence-electron chi connectivity index (χ3n) is 4.90. The van der Waals surface area contributed by atoms with E-state index in [-0.39, 0.29) is 5.54 Å². The van der Waals surface area contributed by atoms with Crippen LogP contribution in [-0.4, -0.2) is 29.4 Å². The number of amides is 1. The lowest BCUT2D eigenvalue weighted by molar-refractivity contribution is -0.138. The van der Waals surface area contributed by atoms with Gasteiger partial charge in [0.2, 0.25) is 5.91 Å². The molecule has 1 fully saturated rings. The smallest absolute Gasteiger partial charge is 0.243 e. The van der Waals surface area contributed by atoms with Crippen LogP contribution in [-0.2, 0) is 17.8 Å². The van der Waals surface area contributed by atoms with Crippen LogP contribution in [0, 0.1) is 0 Å². The highest BCUT2D eigenvalue weighted by Crippen LogP contribution is 2.28. The van der Waals surface area contributed by atoms with Gasteiger partial charge in [-0.25, -0.2) is 0 Å². The van der Waals surface area contributed by atoms with Gasteiger partial charge in [0.25, 0.3) is 0 Å². The lowest BCUT2D eigenvalue weighted by atomic mass is 9.92. The van der Waals surface area contributed by atoms with Crippen LogP contribution in [0.3, 0.4) is 0 Å². The molecule has 2 heterocycles. The van der Waals surface area contributed by atoms with Crippen molar-refractivity contribution in [1.29, 1.82) is 0 Å². The molecule has 0 radical (unpaired) electrons. The Balaban J connectivity index is 1.82. The molecule has 0 bridgehead atoms. The van der Waals surface area contributed by atoms with E-state index in [0.29, 0.717) is 5.91 Å². The van der Waals surface area contributed by atoms with Crippen LogP contribution in [0.25, 0.3) is 0 Å². The lowest BCUT2D eigenvalue weighted by Gasteiger charge is -2.33. The van der Waals surface area contributed by atoms with E-state index in [0.717, 1.165) is 51.7 Å². The van der Waals surface area contributed by atoms with Gasteiger partial charge in [-0.05, 0) is 49.8 Å². The average Bonchev–Trinajstić information content (AvgIpc) is 2.87. The molecule has 1 aromatic carbocycles. The third-order valence-corrected chi connectivity index (χ3v) is 4.90. The molecular weight excluding hydrogens is 248 g/mol. The van der Waals surface area contributed by atoms with Crippen LogP contribution in [0.5, 0.6) is 0 Å². The van der Waals surface area contributed by atoms with E-state index in [2.05, 4.69) is 41.4 Å². The fraction of sp³-hybridized carbons (Fsp3) is 0.588. The second-order valence-corrected chi connectivity index (χ2v) is 6.06. The molecule has 20 heavy (non-hydrogen) atoms. The van der Waals surface area contributed by atoms with Crippen molar-refractivity contribution in [2.45, 2.75) is 51.1 Å². The molecule has 2 aliphatic heterocycles. The van der Waals surface area contributed by atoms with Gasteiger partial charge in [0.05, 0.1) is 5.54 Å². The van der Waals surface area contributed by atoms with Crippen LogP contribution in [0.15, 0.2) is 24.3 Å². The van der Waals surface area contributed by atoms with Crippen LogP contribution in [0.2, 0.25) is 0 Å². The molecule has 0 spiro atoms. The number of rotatable bonds is 2. The second-order valence-electron chi connectivity index (χ2n) is 6.06. The largest absolute Gasteiger partial charge is 0.337 e. The molecule has 0 aromatic heterocycles. The van der Waals surface area contributed by atoms with Crippen molar-refractivity contribution >= 4 is 5.91 Å². The molecular formula is C17H24N2O. The SMILES string of the molecule is CCC1(C(=O)N2CCCc3ccccc3C2)CCCN1. The molecule has 1 atom stereocenters. The highest BCUT2D eigenvalue weighted by Gasteiger charge is 2.41. The Morgan fingerprint density at radius 2 is 2.10 bits per heavy atom. The Hall–Kier alpha value is -1.35. The monoisotopic (exact) mass is 272 g/mol. The van der Waals surface area contributed by atoms with Gasteiger partial charge in [0.15, 0.2) is 0 Å². The predicted octanol–water partition coefficient (Wildman–Crippen LogP) is 2.49. The van der Waals surface area contributed by atoms with Crippen molar-refractivity contribution in [3.05, 3.63) is 35.4 Å². The predicted molar refractivity (Wildman–Crippen MR) is 80.4 cm³/mol. The summed E-state index contributed by atoms with van der Waals surface area (Å²) in [7, 11) is 0. The van der Waals surface area contributed by atoms with Crippen molar-refractivity contribution in [2.24, 2.45) is 0 Å². The van der Waals surface area contributed by atoms with Gasteiger partial charge in [0.1, 0.15) is 0 Å². The van der Waals surface area contributed by atoms with Gasteiger partial charge in [-0.1, -0.05) is 31.2 Å². The summed E-state index contributed by atoms with van der Waals surface area (Å²) in [6.45, 7) is 4.77. The standard InChI is InChI=1S/C17H24N2O/c1-2-17(10-6-11-18-17)16(20)19-12-5-9-14-7-3-4-8-15(14)13-19/h3-4,7-8,18H,2,5-6,9-13H2,1H3. The molecule has 3 nitrogen and oxygen atoms in total. The number of carbonyl (C=O) groups excluding carboxylic acids is 1. The minimum absolute atomic E-state index is 0.292. The molecule has 1 amide bonds. The number of fused-ring (bicyclic) bond motifs is 1. The van der Waals surface area contributed by atoms with Crippen molar-refractivity contribution in [3.63, 3.8) is 0 Å². The first-order valence-corrected chi connectivity index (χ1v) is 7.86. The van der Waals surface area contributed by atoms with Crippen molar-refractivity contribution in [3.8, 4) is 0 Å². The summed E-state index contributed by atoms with van der Waals surface area (Å²) >= 11 is 0. The number of hydrogen-bond acceptors (Lipinski definition) is 2. The Labute approximate surface area is 121 Å². The summed E-state index contributed by atoms with van der Waals surface area (Å²) in [5.41, 5.74) is 2.44. The number of hydrogen-bond donors (Lipinski definition) is 1. The molecule has 2 aliphatic rings. The van der Waals surface area contributed by atoms with E-state index in [9.17, 15) is 4.79 Å². The number of benzene rings is 1. The Kier molecular flexibility index (Phi) is 3.79. The zero-order valence-corrected chi connectivity index (χ0v) is 12.3. The summed E-state index contributed by atoms with van der Waals surface area (Å²) in [6, 6.07) is 8.55. The number of aryl methyl sites for hydroxylation is 1. The van der Waals surface area contributed by atoms with E-state index < -0.39 is 0 Å². The van der Waals surface area contributed by atoms with E-state index in [4.69, 9.17) is 0 Å². The third kappa shape index (κ3) is 2.35. The van der Waals surface area contributed by atoms with Crippen LogP contribution in [0.4, 0.5) is 0 Å². The first-order valence-electron chi connectivity index (χ1n) is 7.86. The molecule has 0 aliphatic carbocycles. The second kappa shape index (κ2) is 5.57. The molecule has 1 aromatic rings. The highest BCUT2D eigenvalue weighted by atomic mass is 16.2. The van der Waals surface area contributed by atoms with Crippen LogP contribution < -0.4 is 5.32 Å². The van der Waals surface area contributed by atoms with Gasteiger partial charge in [-0.3, -0.25) is 4.79 Å². The molecule has 1 saturated heterocycles. The zero-order chi connectivity index (χ0) is 14.0. The summed E-state index contributed by atoms with van der Waals surface area (Å²) in [6.07, 6.45) is 5.16. The first kappa shape index (κ1) is 13.6. The Morgan fingerprint density at radius 1 is 1.30 bits per heavy atom. The summed E-state index contributed by atoms with van der Waals surface area (Å²) in [5, 5.41) is 3.47. The Morgan fingerprint density at radius 3 is 2.80 bits per heavy atom. The maximum Gasteiger partial charge on any atom is 0.243 e. The average molecular weight is 272 g/mol. The fourth-order valence-corrected chi connectivity index (χ4v) is 3.62. The molecule has 1 unspecified atom stereocenters. The maximum absolute atomic E-state index is 13.0. The summed E-state index contributed by atoms with van der Waals surface area (Å²) in [4.78, 5) is 15.1. The van der Waals surface area contributed by atoms with Gasteiger partial charge in [-0.2, -0.15) is 0 Å². The van der Waals surface area contributed by atoms with Gasteiger partial charge in [-0.15, -0.1) is 0 Å².